The summed E-state index contributed by atoms with van der Waals surface area (Å²) in [4.78, 5) is 12.4. The molecule has 0 aliphatic carbocycles. The van der Waals surface area contributed by atoms with Crippen LogP contribution in [-0.2, 0) is 14.8 Å². The summed E-state index contributed by atoms with van der Waals surface area (Å²) in [5.74, 6) is -0.907. The summed E-state index contributed by atoms with van der Waals surface area (Å²) in [5, 5.41) is 4.83. The third-order valence-electron chi connectivity index (χ3n) is 5.56. The number of piperidine rings is 1. The second kappa shape index (κ2) is 9.62. The van der Waals surface area contributed by atoms with Gasteiger partial charge in [0.15, 0.2) is 5.69 Å². The number of nitrogens with zero attached hydrogens (tertiary/aromatic N) is 3. The zero-order valence-corrected chi connectivity index (χ0v) is 19.5. The molecular formula is C23H23ClFN3O4S. The van der Waals surface area contributed by atoms with Crippen molar-refractivity contribution in [1.29, 1.82) is 0 Å². The van der Waals surface area contributed by atoms with Crippen LogP contribution >= 0.6 is 11.6 Å². The highest BCUT2D eigenvalue weighted by Gasteiger charge is 2.32. The number of carbonyl (C=O) groups excluding carboxylic acids is 1. The summed E-state index contributed by atoms with van der Waals surface area (Å²) >= 11 is 5.97. The predicted octanol–water partition coefficient (Wildman–Crippen LogP) is 4.55. The maximum Gasteiger partial charge on any atom is 0.358 e. The number of benzene rings is 2. The van der Waals surface area contributed by atoms with Gasteiger partial charge in [-0.1, -0.05) is 17.7 Å². The van der Waals surface area contributed by atoms with Crippen molar-refractivity contribution < 1.29 is 22.3 Å². The van der Waals surface area contributed by atoms with Crippen molar-refractivity contribution >= 4 is 27.6 Å². The van der Waals surface area contributed by atoms with Crippen LogP contribution in [0.15, 0.2) is 59.5 Å². The van der Waals surface area contributed by atoms with Crippen LogP contribution in [0, 0.1) is 5.82 Å². The van der Waals surface area contributed by atoms with E-state index in [1.165, 1.54) is 28.6 Å². The highest BCUT2D eigenvalue weighted by molar-refractivity contribution is 7.89. The van der Waals surface area contributed by atoms with Gasteiger partial charge in [0.1, 0.15) is 5.82 Å². The number of sulfonamides is 1. The summed E-state index contributed by atoms with van der Waals surface area (Å²) in [6.45, 7) is 2.51. The molecule has 1 aromatic heterocycles. The predicted molar refractivity (Wildman–Crippen MR) is 122 cm³/mol. The SMILES string of the molecule is CCOC(=O)c1cc(-c2ccc(F)cc2)n(C2CCN(S(=O)(=O)c3cccc(Cl)c3)CC2)n1. The highest BCUT2D eigenvalue weighted by atomic mass is 35.5. The maximum atomic E-state index is 13.4. The molecule has 0 unspecified atom stereocenters. The summed E-state index contributed by atoms with van der Waals surface area (Å²) < 4.78 is 47.7. The molecule has 10 heteroatoms. The van der Waals surface area contributed by atoms with E-state index in [4.69, 9.17) is 16.3 Å². The topological polar surface area (TPSA) is 81.5 Å². The lowest BCUT2D eigenvalue weighted by molar-refractivity contribution is 0.0517. The Balaban J connectivity index is 1.59. The molecule has 2 aromatic carbocycles. The molecule has 3 aromatic rings. The number of rotatable bonds is 6. The molecule has 4 rings (SSSR count). The molecule has 1 fully saturated rings. The van der Waals surface area contributed by atoms with Gasteiger partial charge in [0.2, 0.25) is 10.0 Å². The lowest BCUT2D eigenvalue weighted by atomic mass is 10.1. The van der Waals surface area contributed by atoms with Crippen LogP contribution in [0.25, 0.3) is 11.3 Å². The second-order valence-electron chi connectivity index (χ2n) is 7.68. The molecule has 1 aliphatic rings. The van der Waals surface area contributed by atoms with Crippen molar-refractivity contribution in [3.63, 3.8) is 0 Å². The number of ether oxygens (including phenoxy) is 1. The van der Waals surface area contributed by atoms with Crippen molar-refractivity contribution in [1.82, 2.24) is 14.1 Å². The van der Waals surface area contributed by atoms with Gasteiger partial charge in [-0.15, -0.1) is 0 Å². The highest BCUT2D eigenvalue weighted by Crippen LogP contribution is 2.32. The van der Waals surface area contributed by atoms with Crippen LogP contribution < -0.4 is 0 Å². The Hall–Kier alpha value is -2.75. The molecular weight excluding hydrogens is 469 g/mol. The van der Waals surface area contributed by atoms with Gasteiger partial charge in [-0.3, -0.25) is 4.68 Å². The Morgan fingerprint density at radius 1 is 1.15 bits per heavy atom. The number of hydrogen-bond donors (Lipinski definition) is 0. The van der Waals surface area contributed by atoms with Gasteiger partial charge in [-0.25, -0.2) is 17.6 Å². The van der Waals surface area contributed by atoms with Crippen molar-refractivity contribution in [3.8, 4) is 11.3 Å². The van der Waals surface area contributed by atoms with Crippen LogP contribution in [0.2, 0.25) is 5.02 Å². The summed E-state index contributed by atoms with van der Waals surface area (Å²) in [7, 11) is -3.67. The first-order valence-corrected chi connectivity index (χ1v) is 12.4. The van der Waals surface area contributed by atoms with E-state index in [1.807, 2.05) is 0 Å². The van der Waals surface area contributed by atoms with Gasteiger partial charge < -0.3 is 4.74 Å². The standard InChI is InChI=1S/C23H23ClFN3O4S/c1-2-32-23(29)21-15-22(16-6-8-18(25)9-7-16)28(26-21)19-10-12-27(13-11-19)33(30,31)20-5-3-4-17(24)14-20/h3-9,14-15,19H,2,10-13H2,1H3. The minimum Gasteiger partial charge on any atom is -0.461 e. The number of carbonyl (C=O) groups is 1. The van der Waals surface area contributed by atoms with Crippen LogP contribution in [0.4, 0.5) is 4.39 Å². The van der Waals surface area contributed by atoms with E-state index in [0.29, 0.717) is 29.1 Å². The molecule has 174 valence electrons. The molecule has 0 atom stereocenters. The minimum atomic E-state index is -3.67. The lowest BCUT2D eigenvalue weighted by Gasteiger charge is -2.32. The van der Waals surface area contributed by atoms with Crippen molar-refractivity contribution in [2.24, 2.45) is 0 Å². The molecule has 1 saturated heterocycles. The van der Waals surface area contributed by atoms with E-state index < -0.39 is 16.0 Å². The molecule has 0 N–H and O–H groups in total. The van der Waals surface area contributed by atoms with E-state index >= 15 is 0 Å². The number of hydrogen-bond acceptors (Lipinski definition) is 5. The van der Waals surface area contributed by atoms with Gasteiger partial charge in [0.05, 0.1) is 23.2 Å². The largest absolute Gasteiger partial charge is 0.461 e. The number of esters is 1. The quantitative estimate of drug-likeness (QED) is 0.473. The van der Waals surface area contributed by atoms with Gasteiger partial charge in [0, 0.05) is 23.7 Å². The first-order chi connectivity index (χ1) is 15.8. The summed E-state index contributed by atoms with van der Waals surface area (Å²) in [5.41, 5.74) is 1.51. The Morgan fingerprint density at radius 3 is 2.48 bits per heavy atom. The third-order valence-corrected chi connectivity index (χ3v) is 7.69. The van der Waals surface area contributed by atoms with E-state index in [0.717, 1.165) is 0 Å². The summed E-state index contributed by atoms with van der Waals surface area (Å²) in [6.07, 6.45) is 0.996. The Bertz CT molecular complexity index is 1250. The van der Waals surface area contributed by atoms with Crippen molar-refractivity contribution in [2.75, 3.05) is 19.7 Å². The van der Waals surface area contributed by atoms with E-state index in [1.54, 1.807) is 41.9 Å². The van der Waals surface area contributed by atoms with E-state index in [-0.39, 0.29) is 42.1 Å². The smallest absolute Gasteiger partial charge is 0.358 e. The van der Waals surface area contributed by atoms with Gasteiger partial charge >= 0.3 is 5.97 Å². The lowest BCUT2D eigenvalue weighted by Crippen LogP contribution is -2.39. The van der Waals surface area contributed by atoms with E-state index in [2.05, 4.69) is 5.10 Å². The minimum absolute atomic E-state index is 0.140. The van der Waals surface area contributed by atoms with Crippen molar-refractivity contribution in [2.45, 2.75) is 30.7 Å². The summed E-state index contributed by atoms with van der Waals surface area (Å²) in [6, 6.07) is 13.6. The number of halogens is 2. The average Bonchev–Trinajstić information content (AvgIpc) is 3.25. The van der Waals surface area contributed by atoms with Crippen LogP contribution in [0.1, 0.15) is 36.3 Å². The first kappa shape index (κ1) is 23.4. The van der Waals surface area contributed by atoms with Crippen LogP contribution in [0.5, 0.6) is 0 Å². The van der Waals surface area contributed by atoms with Gasteiger partial charge in [-0.05, 0) is 68.3 Å². The Labute approximate surface area is 196 Å². The molecule has 0 amide bonds. The fraction of sp³-hybridized carbons (Fsp3) is 0.304. The average molecular weight is 492 g/mol. The molecule has 33 heavy (non-hydrogen) atoms. The maximum absolute atomic E-state index is 13.4. The zero-order valence-electron chi connectivity index (χ0n) is 17.9. The normalized spacial score (nSPS) is 15.5. The van der Waals surface area contributed by atoms with Crippen molar-refractivity contribution in [3.05, 3.63) is 71.1 Å². The monoisotopic (exact) mass is 491 g/mol. The van der Waals surface area contributed by atoms with Gasteiger partial charge in [0.25, 0.3) is 0 Å². The first-order valence-electron chi connectivity index (χ1n) is 10.6. The second-order valence-corrected chi connectivity index (χ2v) is 10.1. The third kappa shape index (κ3) is 4.95. The molecule has 7 nitrogen and oxygen atoms in total. The molecule has 1 aliphatic heterocycles. The van der Waals surface area contributed by atoms with Crippen LogP contribution in [0.3, 0.4) is 0 Å². The fourth-order valence-electron chi connectivity index (χ4n) is 3.92. The molecule has 0 radical (unpaired) electrons. The fourth-order valence-corrected chi connectivity index (χ4v) is 5.69. The van der Waals surface area contributed by atoms with E-state index in [9.17, 15) is 17.6 Å². The van der Waals surface area contributed by atoms with Gasteiger partial charge in [-0.2, -0.15) is 9.40 Å². The molecule has 0 saturated carbocycles. The van der Waals surface area contributed by atoms with Crippen LogP contribution in [-0.4, -0.2) is 48.2 Å². The number of aromatic nitrogens is 2. The Kier molecular flexibility index (Phi) is 6.83. The Morgan fingerprint density at radius 2 is 1.85 bits per heavy atom. The molecule has 0 bridgehead atoms. The molecule has 0 spiro atoms. The zero-order chi connectivity index (χ0) is 23.6. The molecule has 2 heterocycles.